The molecule has 0 bridgehead atoms. The van der Waals surface area contributed by atoms with Gasteiger partial charge in [0, 0.05) is 13.1 Å². The third-order valence-corrected chi connectivity index (χ3v) is 3.91. The van der Waals surface area contributed by atoms with E-state index in [1.165, 1.54) is 30.4 Å². The summed E-state index contributed by atoms with van der Waals surface area (Å²) in [4.78, 5) is 4.30. The number of rotatable bonds is 4. The molecule has 19 heavy (non-hydrogen) atoms. The summed E-state index contributed by atoms with van der Waals surface area (Å²) in [5.41, 5.74) is 2.68. The van der Waals surface area contributed by atoms with Crippen LogP contribution in [0.25, 0.3) is 0 Å². The van der Waals surface area contributed by atoms with Gasteiger partial charge in [0.05, 0.1) is 6.04 Å². The summed E-state index contributed by atoms with van der Waals surface area (Å²) >= 11 is 0. The van der Waals surface area contributed by atoms with Gasteiger partial charge in [0.2, 0.25) is 0 Å². The maximum Gasteiger partial charge on any atom is 0.191 e. The van der Waals surface area contributed by atoms with Gasteiger partial charge in [-0.05, 0) is 43.7 Å². The van der Waals surface area contributed by atoms with Gasteiger partial charge in [-0.1, -0.05) is 31.2 Å². The molecule has 3 heteroatoms. The smallest absolute Gasteiger partial charge is 0.191 e. The molecule has 2 rings (SSSR count). The van der Waals surface area contributed by atoms with Crippen molar-refractivity contribution in [1.82, 2.24) is 10.6 Å². The maximum atomic E-state index is 4.30. The van der Waals surface area contributed by atoms with Crippen LogP contribution in [0, 0.1) is 0 Å². The van der Waals surface area contributed by atoms with Crippen molar-refractivity contribution in [3.8, 4) is 0 Å². The molecule has 0 saturated heterocycles. The van der Waals surface area contributed by atoms with E-state index in [-0.39, 0.29) is 6.04 Å². The van der Waals surface area contributed by atoms with Crippen molar-refractivity contribution in [3.63, 3.8) is 0 Å². The van der Waals surface area contributed by atoms with Crippen molar-refractivity contribution in [3.05, 3.63) is 35.4 Å². The van der Waals surface area contributed by atoms with Gasteiger partial charge in [-0.25, -0.2) is 0 Å². The first-order valence-electron chi connectivity index (χ1n) is 7.31. The molecule has 1 aliphatic carbocycles. The summed E-state index contributed by atoms with van der Waals surface area (Å²) in [6, 6.07) is 9.70. The van der Waals surface area contributed by atoms with E-state index < -0.39 is 0 Å². The molecule has 0 spiro atoms. The van der Waals surface area contributed by atoms with Crippen LogP contribution in [0.3, 0.4) is 0 Å². The van der Waals surface area contributed by atoms with Crippen LogP contribution in [0.5, 0.6) is 0 Å². The molecule has 1 aromatic rings. The van der Waals surface area contributed by atoms with Crippen LogP contribution in [-0.2, 0) is 6.42 Å². The molecule has 1 aliphatic rings. The van der Waals surface area contributed by atoms with Crippen molar-refractivity contribution in [2.75, 3.05) is 7.05 Å². The van der Waals surface area contributed by atoms with Crippen molar-refractivity contribution in [1.29, 1.82) is 0 Å². The minimum Gasteiger partial charge on any atom is -0.354 e. The Labute approximate surface area is 116 Å². The van der Waals surface area contributed by atoms with E-state index in [1.807, 2.05) is 7.05 Å². The molecule has 0 aromatic heterocycles. The normalized spacial score (nSPS) is 17.7. The average molecular weight is 259 g/mol. The van der Waals surface area contributed by atoms with E-state index >= 15 is 0 Å². The fourth-order valence-electron chi connectivity index (χ4n) is 2.25. The second-order valence-corrected chi connectivity index (χ2v) is 5.31. The fraction of sp³-hybridized carbons (Fsp3) is 0.562. The highest BCUT2D eigenvalue weighted by Gasteiger charge is 2.19. The highest BCUT2D eigenvalue weighted by atomic mass is 15.2. The second kappa shape index (κ2) is 6.60. The Kier molecular flexibility index (Phi) is 4.83. The molecule has 2 N–H and O–H groups in total. The van der Waals surface area contributed by atoms with Crippen molar-refractivity contribution in [2.45, 2.75) is 51.6 Å². The van der Waals surface area contributed by atoms with Crippen LogP contribution in [0.4, 0.5) is 0 Å². The molecule has 0 amide bonds. The molecule has 1 saturated carbocycles. The molecule has 3 nitrogen and oxygen atoms in total. The van der Waals surface area contributed by atoms with Crippen LogP contribution >= 0.6 is 0 Å². The highest BCUT2D eigenvalue weighted by molar-refractivity contribution is 5.80. The summed E-state index contributed by atoms with van der Waals surface area (Å²) in [5, 5.41) is 6.92. The third-order valence-electron chi connectivity index (χ3n) is 3.91. The van der Waals surface area contributed by atoms with Gasteiger partial charge in [0.1, 0.15) is 0 Å². The monoisotopic (exact) mass is 259 g/mol. The summed E-state index contributed by atoms with van der Waals surface area (Å²) in [5.74, 6) is 0.914. The predicted molar refractivity (Wildman–Crippen MR) is 81.5 cm³/mol. The van der Waals surface area contributed by atoms with Crippen molar-refractivity contribution < 1.29 is 0 Å². The van der Waals surface area contributed by atoms with Gasteiger partial charge in [0.15, 0.2) is 5.96 Å². The first-order valence-corrected chi connectivity index (χ1v) is 7.31. The number of aliphatic imine (C=N–C) groups is 1. The first kappa shape index (κ1) is 13.9. The molecule has 0 heterocycles. The number of hydrogen-bond acceptors (Lipinski definition) is 1. The van der Waals surface area contributed by atoms with Gasteiger partial charge in [-0.15, -0.1) is 0 Å². The molecule has 1 aromatic carbocycles. The number of aryl methyl sites for hydroxylation is 1. The number of guanidine groups is 1. The Morgan fingerprint density at radius 2 is 2.00 bits per heavy atom. The highest BCUT2D eigenvalue weighted by Crippen LogP contribution is 2.18. The first-order chi connectivity index (χ1) is 9.22. The Balaban J connectivity index is 1.91. The predicted octanol–water partition coefficient (Wildman–Crippen LogP) is 3.03. The van der Waals surface area contributed by atoms with Gasteiger partial charge in [0.25, 0.3) is 0 Å². The van der Waals surface area contributed by atoms with Crippen molar-refractivity contribution >= 4 is 5.96 Å². The lowest BCUT2D eigenvalue weighted by Gasteiger charge is -2.29. The molecule has 0 aliphatic heterocycles. The lowest BCUT2D eigenvalue weighted by atomic mass is 9.93. The molecular formula is C16H25N3. The van der Waals surface area contributed by atoms with Crippen LogP contribution in [0.1, 0.15) is 50.3 Å². The summed E-state index contributed by atoms with van der Waals surface area (Å²) in [6.45, 7) is 4.36. The van der Waals surface area contributed by atoms with E-state index in [4.69, 9.17) is 0 Å². The molecule has 1 unspecified atom stereocenters. The van der Waals surface area contributed by atoms with Crippen LogP contribution < -0.4 is 10.6 Å². The standard InChI is InChI=1S/C16H25N3/c1-4-13-8-10-14(11-9-13)12(2)18-16(17-3)19-15-6-5-7-15/h8-12,15H,4-7H2,1-3H3,(H2,17,18,19). The summed E-state index contributed by atoms with van der Waals surface area (Å²) in [7, 11) is 1.83. The van der Waals surface area contributed by atoms with Crippen LogP contribution in [0.15, 0.2) is 29.3 Å². The maximum absolute atomic E-state index is 4.30. The lowest BCUT2D eigenvalue weighted by molar-refractivity contribution is 0.378. The second-order valence-electron chi connectivity index (χ2n) is 5.31. The lowest BCUT2D eigenvalue weighted by Crippen LogP contribution is -2.46. The van der Waals surface area contributed by atoms with Gasteiger partial charge in [-0.3, -0.25) is 4.99 Å². The van der Waals surface area contributed by atoms with Crippen LogP contribution in [0.2, 0.25) is 0 Å². The Hall–Kier alpha value is -1.51. The van der Waals surface area contributed by atoms with E-state index in [9.17, 15) is 0 Å². The summed E-state index contributed by atoms with van der Waals surface area (Å²) < 4.78 is 0. The van der Waals surface area contributed by atoms with E-state index in [2.05, 4.69) is 53.7 Å². The zero-order valence-corrected chi connectivity index (χ0v) is 12.2. The topological polar surface area (TPSA) is 36.4 Å². The molecule has 0 radical (unpaired) electrons. The zero-order chi connectivity index (χ0) is 13.7. The minimum absolute atomic E-state index is 0.275. The van der Waals surface area contributed by atoms with E-state index in [1.54, 1.807) is 0 Å². The SMILES string of the molecule is CCc1ccc(C(C)NC(=NC)NC2CCC2)cc1. The number of nitrogens with zero attached hydrogens (tertiary/aromatic N) is 1. The average Bonchev–Trinajstić information content (AvgIpc) is 2.41. The van der Waals surface area contributed by atoms with E-state index in [0.29, 0.717) is 6.04 Å². The fourth-order valence-corrected chi connectivity index (χ4v) is 2.25. The number of hydrogen-bond donors (Lipinski definition) is 2. The van der Waals surface area contributed by atoms with Crippen LogP contribution in [-0.4, -0.2) is 19.0 Å². The molecule has 104 valence electrons. The number of benzene rings is 1. The van der Waals surface area contributed by atoms with Gasteiger partial charge in [-0.2, -0.15) is 0 Å². The molecular weight excluding hydrogens is 234 g/mol. The van der Waals surface area contributed by atoms with Gasteiger partial charge < -0.3 is 10.6 Å². The largest absolute Gasteiger partial charge is 0.354 e. The number of nitrogens with one attached hydrogen (secondary N) is 2. The Morgan fingerprint density at radius 3 is 2.47 bits per heavy atom. The van der Waals surface area contributed by atoms with Crippen molar-refractivity contribution in [2.24, 2.45) is 4.99 Å². The third kappa shape index (κ3) is 3.72. The van der Waals surface area contributed by atoms with Gasteiger partial charge >= 0.3 is 0 Å². The molecule has 1 fully saturated rings. The zero-order valence-electron chi connectivity index (χ0n) is 12.2. The molecule has 1 atom stereocenters. The summed E-state index contributed by atoms with van der Waals surface area (Å²) in [6.07, 6.45) is 4.95. The minimum atomic E-state index is 0.275. The quantitative estimate of drug-likeness (QED) is 0.644. The Morgan fingerprint density at radius 1 is 1.32 bits per heavy atom. The van der Waals surface area contributed by atoms with E-state index in [0.717, 1.165) is 12.4 Å². The Bertz CT molecular complexity index is 418.